The fraction of sp³-hybridized carbons (Fsp3) is 0.680. The number of hydrogen-bond donors (Lipinski definition) is 3. The SMILES string of the molecule is CC[C@H](C)[C@@H]([C@@H](CC(=O)N1C2C[C@@H]2C[C@H]1[C@H](OC)[C@@H](C)C(=O)N[C@@H](Cc1ccccc1F)C(=O)O)OC)N(C)C(=O)[C@@H](NC(=O)[C@H](C(C)C)N(C)C(=O)CCCCCN1C(=O)C=CC1=O)C(C)C. The highest BCUT2D eigenvalue weighted by molar-refractivity contribution is 6.12. The smallest absolute Gasteiger partial charge is 0.326 e. The first kappa shape index (κ1) is 55.4. The van der Waals surface area contributed by atoms with Crippen LogP contribution in [0.25, 0.3) is 0 Å². The molecule has 2 heterocycles. The van der Waals surface area contributed by atoms with Gasteiger partial charge < -0.3 is 39.9 Å². The van der Waals surface area contributed by atoms with Crippen LogP contribution in [0.4, 0.5) is 4.39 Å². The van der Waals surface area contributed by atoms with Crippen LogP contribution < -0.4 is 10.6 Å². The van der Waals surface area contributed by atoms with Gasteiger partial charge in [-0.3, -0.25) is 38.5 Å². The number of carboxylic acid groups (broad SMARTS) is 1. The highest BCUT2D eigenvalue weighted by Crippen LogP contribution is 2.50. The van der Waals surface area contributed by atoms with E-state index in [0.717, 1.165) is 11.3 Å². The molecule has 3 N–H and O–H groups in total. The van der Waals surface area contributed by atoms with Crippen LogP contribution >= 0.6 is 0 Å². The molecule has 68 heavy (non-hydrogen) atoms. The summed E-state index contributed by atoms with van der Waals surface area (Å²) >= 11 is 0. The Hall–Kier alpha value is -5.23. The summed E-state index contributed by atoms with van der Waals surface area (Å²) in [5.41, 5.74) is 0.147. The quantitative estimate of drug-likeness (QED) is 0.0849. The molecular weight excluding hydrogens is 880 g/mol. The van der Waals surface area contributed by atoms with Crippen molar-refractivity contribution >= 4 is 47.3 Å². The van der Waals surface area contributed by atoms with Crippen molar-refractivity contribution in [3.8, 4) is 0 Å². The number of amides is 7. The van der Waals surface area contributed by atoms with Gasteiger partial charge in [0.1, 0.15) is 23.9 Å². The second-order valence-corrected chi connectivity index (χ2v) is 19.6. The number of carbonyl (C=O) groups is 8. The lowest BCUT2D eigenvalue weighted by Gasteiger charge is -2.41. The van der Waals surface area contributed by atoms with Crippen LogP contribution in [0.5, 0.6) is 0 Å². The van der Waals surface area contributed by atoms with Crippen molar-refractivity contribution in [2.75, 3.05) is 34.9 Å². The molecule has 1 aromatic carbocycles. The molecule has 2 aliphatic heterocycles. The Balaban J connectivity index is 1.44. The van der Waals surface area contributed by atoms with E-state index in [4.69, 9.17) is 9.47 Å². The number of likely N-dealkylation sites (N-methyl/N-ethyl adjacent to an activating group) is 2. The molecule has 1 saturated heterocycles. The number of fused-ring (bicyclic) bond motifs is 1. The van der Waals surface area contributed by atoms with E-state index in [1.807, 2.05) is 41.5 Å². The average Bonchev–Trinajstić information content (AvgIpc) is 3.84. The number of halogens is 1. The van der Waals surface area contributed by atoms with Crippen LogP contribution in [0.1, 0.15) is 105 Å². The molecule has 2 fully saturated rings. The first-order chi connectivity index (χ1) is 32.1. The number of likely N-dealkylation sites (tertiary alicyclic amines) is 1. The number of ether oxygens (including phenoxy) is 2. The van der Waals surface area contributed by atoms with E-state index in [9.17, 15) is 47.9 Å². The third-order valence-corrected chi connectivity index (χ3v) is 14.2. The first-order valence-electron chi connectivity index (χ1n) is 24.1. The minimum atomic E-state index is -1.40. The lowest BCUT2D eigenvalue weighted by molar-refractivity contribution is -0.149. The highest BCUT2D eigenvalue weighted by Gasteiger charge is 2.57. The lowest BCUT2D eigenvalue weighted by Crippen LogP contribution is -2.60. The topological polar surface area (TPSA) is 212 Å². The zero-order chi connectivity index (χ0) is 50.7. The fourth-order valence-electron chi connectivity index (χ4n) is 10.00. The predicted molar refractivity (Wildman–Crippen MR) is 251 cm³/mol. The molecule has 0 spiro atoms. The van der Waals surface area contributed by atoms with Crippen molar-refractivity contribution in [2.45, 2.75) is 155 Å². The van der Waals surface area contributed by atoms with Crippen molar-refractivity contribution in [1.29, 1.82) is 0 Å². The summed E-state index contributed by atoms with van der Waals surface area (Å²) in [6.07, 6.45) is 4.31. The number of rotatable bonds is 27. The van der Waals surface area contributed by atoms with E-state index in [2.05, 4.69) is 10.6 Å². The van der Waals surface area contributed by atoms with Crippen molar-refractivity contribution in [3.05, 3.63) is 47.8 Å². The number of nitrogens with zero attached hydrogens (tertiary/aromatic N) is 4. The van der Waals surface area contributed by atoms with Gasteiger partial charge in [0.15, 0.2) is 0 Å². The van der Waals surface area contributed by atoms with E-state index in [1.165, 1.54) is 49.5 Å². The Morgan fingerprint density at radius 1 is 0.853 bits per heavy atom. The fourth-order valence-corrected chi connectivity index (χ4v) is 10.00. The molecule has 18 heteroatoms. The normalized spacial score (nSPS) is 21.1. The van der Waals surface area contributed by atoms with Crippen molar-refractivity contribution in [3.63, 3.8) is 0 Å². The van der Waals surface area contributed by atoms with Gasteiger partial charge >= 0.3 is 5.97 Å². The van der Waals surface area contributed by atoms with Gasteiger partial charge in [-0.2, -0.15) is 0 Å². The summed E-state index contributed by atoms with van der Waals surface area (Å²) in [4.78, 5) is 112. The molecule has 17 nitrogen and oxygen atoms in total. The number of hydrogen-bond acceptors (Lipinski definition) is 10. The molecule has 0 aromatic heterocycles. The Kier molecular flexibility index (Phi) is 20.3. The summed E-state index contributed by atoms with van der Waals surface area (Å²) in [7, 11) is 6.16. The number of carboxylic acids is 1. The molecule has 0 bridgehead atoms. The van der Waals surface area contributed by atoms with E-state index < -0.39 is 71.9 Å². The Labute approximate surface area is 400 Å². The number of imide groups is 1. The van der Waals surface area contributed by atoms with Gasteiger partial charge in [-0.05, 0) is 61.0 Å². The summed E-state index contributed by atoms with van der Waals surface area (Å²) in [6.45, 7) is 13.1. The molecule has 1 aromatic rings. The van der Waals surface area contributed by atoms with Gasteiger partial charge in [0, 0.05) is 65.9 Å². The van der Waals surface area contributed by atoms with Crippen LogP contribution in [0.2, 0.25) is 0 Å². The molecule has 1 unspecified atom stereocenters. The zero-order valence-electron chi connectivity index (χ0n) is 41.7. The maximum Gasteiger partial charge on any atom is 0.326 e. The summed E-state index contributed by atoms with van der Waals surface area (Å²) in [5, 5.41) is 15.5. The number of carbonyl (C=O) groups excluding carboxylic acids is 7. The van der Waals surface area contributed by atoms with E-state index >= 15 is 0 Å². The second-order valence-electron chi connectivity index (χ2n) is 19.6. The van der Waals surface area contributed by atoms with Gasteiger partial charge in [-0.1, -0.05) is 79.5 Å². The van der Waals surface area contributed by atoms with Crippen LogP contribution in [0.15, 0.2) is 36.4 Å². The minimum absolute atomic E-state index is 0.0805. The van der Waals surface area contributed by atoms with E-state index in [0.29, 0.717) is 32.1 Å². The first-order valence-corrected chi connectivity index (χ1v) is 24.1. The Bertz CT molecular complexity index is 2000. The number of piperidine rings is 1. The van der Waals surface area contributed by atoms with Gasteiger partial charge in [0.25, 0.3) is 11.8 Å². The summed E-state index contributed by atoms with van der Waals surface area (Å²) in [6, 6.07) is 1.30. The van der Waals surface area contributed by atoms with Crippen molar-refractivity contribution in [2.24, 2.45) is 29.6 Å². The molecule has 0 radical (unpaired) electrons. The maximum absolute atomic E-state index is 14.6. The average molecular weight is 955 g/mol. The van der Waals surface area contributed by atoms with Crippen molar-refractivity contribution < 1.29 is 57.3 Å². The van der Waals surface area contributed by atoms with Gasteiger partial charge in [0.05, 0.1) is 36.6 Å². The van der Waals surface area contributed by atoms with E-state index in [-0.39, 0.29) is 90.6 Å². The Morgan fingerprint density at radius 3 is 2.06 bits per heavy atom. The number of unbranched alkanes of at least 4 members (excludes halogenated alkanes) is 2. The third-order valence-electron chi connectivity index (χ3n) is 14.2. The molecule has 3 aliphatic rings. The molecule has 378 valence electrons. The van der Waals surface area contributed by atoms with Crippen molar-refractivity contribution in [1.82, 2.24) is 30.2 Å². The second kappa shape index (κ2) is 24.9. The number of nitrogens with one attached hydrogen (secondary N) is 2. The number of aliphatic carboxylic acids is 1. The number of benzene rings is 1. The molecule has 1 aliphatic carbocycles. The molecule has 4 rings (SSSR count). The van der Waals surface area contributed by atoms with Crippen LogP contribution in [0, 0.1) is 35.4 Å². The molecule has 1 saturated carbocycles. The highest BCUT2D eigenvalue weighted by atomic mass is 19.1. The van der Waals surface area contributed by atoms with Crippen LogP contribution in [0.3, 0.4) is 0 Å². The standard InChI is InChI=1S/C50H75FN6O11/c1-12-30(6)45(55(9)49(64)43(28(2)3)53-48(63)44(29(4)5)54(8)39(58)20-14-13-17-23-56-40(59)21-22-41(56)60)38(67-10)27-42(61)57-36-25-33(36)26-37(57)46(68-11)31(7)47(62)52-35(50(65)66)24-32-18-15-16-19-34(32)51/h15-16,18-19,21-22,28-31,33,35-38,43-46H,12-14,17,20,23-27H2,1-11H3,(H,52,62)(H,53,63)(H,65,66)/t30-,31+,33+,35-,36?,37-,38+,43-,44-,45-,46+/m0/s1. The summed E-state index contributed by atoms with van der Waals surface area (Å²) in [5.74, 6) is -6.07. The minimum Gasteiger partial charge on any atom is -0.480 e. The molecule has 11 atom stereocenters. The largest absolute Gasteiger partial charge is 0.480 e. The van der Waals surface area contributed by atoms with Gasteiger partial charge in [-0.15, -0.1) is 0 Å². The number of methoxy groups -OCH3 is 2. The zero-order valence-corrected chi connectivity index (χ0v) is 41.7. The lowest BCUT2D eigenvalue weighted by atomic mass is 9.89. The molecular formula is C50H75FN6O11. The third kappa shape index (κ3) is 13.5. The predicted octanol–water partition coefficient (Wildman–Crippen LogP) is 3.97. The van der Waals surface area contributed by atoms with Crippen LogP contribution in [-0.2, 0) is 54.3 Å². The van der Waals surface area contributed by atoms with E-state index in [1.54, 1.807) is 36.9 Å². The Morgan fingerprint density at radius 2 is 1.50 bits per heavy atom. The van der Waals surface area contributed by atoms with Gasteiger partial charge in [-0.25, -0.2) is 9.18 Å². The maximum atomic E-state index is 14.6. The molecule has 7 amide bonds. The monoisotopic (exact) mass is 955 g/mol. The van der Waals surface area contributed by atoms with Gasteiger partial charge in [0.2, 0.25) is 29.5 Å². The summed E-state index contributed by atoms with van der Waals surface area (Å²) < 4.78 is 26.4. The van der Waals surface area contributed by atoms with Crippen LogP contribution in [-0.4, -0.2) is 155 Å².